The lowest BCUT2D eigenvalue weighted by atomic mass is 9.95. The molecule has 0 saturated heterocycles. The number of nitriles is 1. The Hall–Kier alpha value is -8.72. The maximum atomic E-state index is 10.4. The van der Waals surface area contributed by atoms with Gasteiger partial charge in [0.05, 0.1) is 40.6 Å². The summed E-state index contributed by atoms with van der Waals surface area (Å²) in [6.07, 6.45) is 7.92. The van der Waals surface area contributed by atoms with Crippen LogP contribution in [0.15, 0.2) is 170 Å². The summed E-state index contributed by atoms with van der Waals surface area (Å²) in [6, 6.07) is 58.5. The topological polar surface area (TPSA) is 71.6 Å². The van der Waals surface area contributed by atoms with E-state index < -0.39 is 0 Å². The van der Waals surface area contributed by atoms with E-state index in [1.54, 1.807) is 28.4 Å². The minimum absolute atomic E-state index is 0.497. The second kappa shape index (κ2) is 19.3. The number of nitrogens with zero attached hydrogens (tertiary/aromatic N) is 4. The first kappa shape index (κ1) is 42.0. The Morgan fingerprint density at radius 1 is 0.406 bits per heavy atom. The van der Waals surface area contributed by atoms with Gasteiger partial charge in [0.1, 0.15) is 29.1 Å². The van der Waals surface area contributed by atoms with E-state index in [4.69, 9.17) is 25.5 Å². The fourth-order valence-corrected chi connectivity index (χ4v) is 7.61. The average Bonchev–Trinajstić information content (AvgIpc) is 3.36. The van der Waals surface area contributed by atoms with Crippen LogP contribution in [0.4, 0.5) is 39.8 Å². The molecule has 8 heteroatoms. The molecule has 0 spiro atoms. The molecule has 0 unspecified atom stereocenters. The molecule has 0 fully saturated rings. The van der Waals surface area contributed by atoms with Crippen LogP contribution in [-0.2, 0) is 0 Å². The van der Waals surface area contributed by atoms with E-state index >= 15 is 0 Å². The van der Waals surface area contributed by atoms with Gasteiger partial charge < -0.3 is 28.7 Å². The highest BCUT2D eigenvalue weighted by Crippen LogP contribution is 2.39. The normalized spacial score (nSPS) is 11.0. The molecule has 0 aromatic heterocycles. The van der Waals surface area contributed by atoms with Gasteiger partial charge in [-0.05, 0) is 154 Å². The van der Waals surface area contributed by atoms with Crippen molar-refractivity contribution in [1.29, 1.82) is 5.26 Å². The molecule has 0 aliphatic heterocycles. The summed E-state index contributed by atoms with van der Waals surface area (Å²) in [6.45, 7) is 8.17. The van der Waals surface area contributed by atoms with Crippen molar-refractivity contribution in [3.63, 3.8) is 0 Å². The molecule has 0 radical (unpaired) electrons. The number of benzene rings is 8. The number of methoxy groups -OCH3 is 4. The Morgan fingerprint density at radius 3 is 1.05 bits per heavy atom. The lowest BCUT2D eigenvalue weighted by molar-refractivity contribution is 0.414. The second-order valence-corrected chi connectivity index (χ2v) is 14.7. The molecule has 64 heavy (non-hydrogen) atoms. The SMILES string of the molecule is [C-]#[N+]c1c(C=Cc2ccc(N(c3ccc(OC)cc3)c3ccc(OC)cc3)cc2)ccc2c(C#N)c(C=Cc3ccc(N(c4ccc(OC)cc4)c4ccc(OC)cc4)cc3)ccc12. The first-order valence-corrected chi connectivity index (χ1v) is 20.5. The van der Waals surface area contributed by atoms with Crippen molar-refractivity contribution in [2.75, 3.05) is 38.2 Å². The molecule has 8 rings (SSSR count). The highest BCUT2D eigenvalue weighted by atomic mass is 16.5. The van der Waals surface area contributed by atoms with Crippen molar-refractivity contribution in [3.8, 4) is 29.1 Å². The summed E-state index contributed by atoms with van der Waals surface area (Å²) in [5.74, 6) is 3.13. The maximum Gasteiger partial charge on any atom is 0.202 e. The third-order valence-corrected chi connectivity index (χ3v) is 11.0. The fourth-order valence-electron chi connectivity index (χ4n) is 7.61. The average molecular weight is 837 g/mol. The maximum absolute atomic E-state index is 10.4. The molecule has 8 nitrogen and oxygen atoms in total. The Labute approximate surface area is 374 Å². The smallest absolute Gasteiger partial charge is 0.202 e. The number of rotatable bonds is 14. The zero-order valence-electron chi connectivity index (χ0n) is 35.9. The van der Waals surface area contributed by atoms with Gasteiger partial charge in [-0.3, -0.25) is 0 Å². The van der Waals surface area contributed by atoms with Crippen LogP contribution in [-0.4, -0.2) is 28.4 Å². The number of hydrogen-bond acceptors (Lipinski definition) is 7. The first-order valence-electron chi connectivity index (χ1n) is 20.5. The van der Waals surface area contributed by atoms with Crippen LogP contribution >= 0.6 is 0 Å². The molecule has 8 aromatic rings. The van der Waals surface area contributed by atoms with E-state index in [2.05, 4.69) is 69.2 Å². The molecule has 0 heterocycles. The van der Waals surface area contributed by atoms with E-state index in [0.717, 1.165) is 90.1 Å². The van der Waals surface area contributed by atoms with E-state index in [-0.39, 0.29) is 0 Å². The van der Waals surface area contributed by atoms with Crippen molar-refractivity contribution in [2.24, 2.45) is 0 Å². The lowest BCUT2D eigenvalue weighted by Crippen LogP contribution is -2.09. The second-order valence-electron chi connectivity index (χ2n) is 14.7. The quantitative estimate of drug-likeness (QED) is 0.0798. The van der Waals surface area contributed by atoms with Crippen molar-refractivity contribution in [1.82, 2.24) is 0 Å². The number of hydrogen-bond donors (Lipinski definition) is 0. The van der Waals surface area contributed by atoms with Crippen LogP contribution in [0.25, 0.3) is 39.9 Å². The third-order valence-electron chi connectivity index (χ3n) is 11.0. The van der Waals surface area contributed by atoms with Crippen LogP contribution in [0.1, 0.15) is 27.8 Å². The monoisotopic (exact) mass is 836 g/mol. The van der Waals surface area contributed by atoms with Crippen LogP contribution < -0.4 is 28.7 Å². The Balaban J connectivity index is 1.03. The van der Waals surface area contributed by atoms with Crippen molar-refractivity contribution in [2.45, 2.75) is 0 Å². The summed E-state index contributed by atoms with van der Waals surface area (Å²) >= 11 is 0. The molecule has 0 N–H and O–H groups in total. The third kappa shape index (κ3) is 8.99. The highest BCUT2D eigenvalue weighted by molar-refractivity contribution is 6.03. The number of fused-ring (bicyclic) bond motifs is 1. The van der Waals surface area contributed by atoms with Crippen molar-refractivity contribution < 1.29 is 18.9 Å². The van der Waals surface area contributed by atoms with Crippen LogP contribution in [0.5, 0.6) is 23.0 Å². The van der Waals surface area contributed by atoms with Gasteiger partial charge in [-0.2, -0.15) is 5.26 Å². The molecule has 0 atom stereocenters. The summed E-state index contributed by atoms with van der Waals surface area (Å²) in [5.41, 5.74) is 10.4. The van der Waals surface area contributed by atoms with Crippen molar-refractivity contribution in [3.05, 3.63) is 209 Å². The zero-order chi connectivity index (χ0) is 44.4. The molecule has 312 valence electrons. The van der Waals surface area contributed by atoms with Crippen LogP contribution in [0.2, 0.25) is 0 Å². The summed E-state index contributed by atoms with van der Waals surface area (Å²) < 4.78 is 21.6. The van der Waals surface area contributed by atoms with E-state index in [1.165, 1.54) is 0 Å². The standard InChI is InChI=1S/C56H44N4O4/c1-58-56-42(13-7-40-10-18-44(19-11-40)60(47-24-32-51(63-4)33-25-47)48-26-34-52(64-5)35-27-48)15-36-53-54(56)37-14-41(55(53)38-57)12-6-39-8-16-43(17-9-39)59(45-20-28-49(61-2)29-21-45)46-22-30-50(62-3)31-23-46/h6-37H,2-5H3. The van der Waals surface area contributed by atoms with Gasteiger partial charge in [0.2, 0.25) is 5.69 Å². The predicted octanol–water partition coefficient (Wildman–Crippen LogP) is 14.6. The highest BCUT2D eigenvalue weighted by Gasteiger charge is 2.16. The van der Waals surface area contributed by atoms with Crippen LogP contribution in [0, 0.1) is 17.9 Å². The van der Waals surface area contributed by atoms with Gasteiger partial charge in [0.25, 0.3) is 0 Å². The van der Waals surface area contributed by atoms with Gasteiger partial charge in [-0.25, -0.2) is 4.85 Å². The Bertz CT molecular complexity index is 2720. The molecule has 0 amide bonds. The Morgan fingerprint density at radius 2 is 0.719 bits per heavy atom. The fraction of sp³-hybridized carbons (Fsp3) is 0.0714. The van der Waals surface area contributed by atoms with Gasteiger partial charge in [-0.15, -0.1) is 0 Å². The number of anilines is 6. The zero-order valence-corrected chi connectivity index (χ0v) is 35.9. The molecule has 0 aliphatic rings. The minimum Gasteiger partial charge on any atom is -0.497 e. The van der Waals surface area contributed by atoms with E-state index in [1.807, 2.05) is 146 Å². The molecule has 0 saturated carbocycles. The van der Waals surface area contributed by atoms with E-state index in [9.17, 15) is 5.26 Å². The van der Waals surface area contributed by atoms with Gasteiger partial charge in [0.15, 0.2) is 0 Å². The predicted molar refractivity (Wildman–Crippen MR) is 261 cm³/mol. The van der Waals surface area contributed by atoms with Gasteiger partial charge in [-0.1, -0.05) is 72.8 Å². The number of ether oxygens (including phenoxy) is 4. The summed E-state index contributed by atoms with van der Waals surface area (Å²) in [7, 11) is 6.63. The largest absolute Gasteiger partial charge is 0.497 e. The lowest BCUT2D eigenvalue weighted by Gasteiger charge is -2.26. The first-order chi connectivity index (χ1) is 31.4. The summed E-state index contributed by atoms with van der Waals surface area (Å²) in [4.78, 5) is 8.29. The Kier molecular flexibility index (Phi) is 12.7. The molecule has 0 bridgehead atoms. The van der Waals surface area contributed by atoms with Gasteiger partial charge in [0, 0.05) is 34.1 Å². The molecule has 8 aromatic carbocycles. The minimum atomic E-state index is 0.497. The molecule has 0 aliphatic carbocycles. The van der Waals surface area contributed by atoms with E-state index in [0.29, 0.717) is 11.3 Å². The van der Waals surface area contributed by atoms with Crippen molar-refractivity contribution >= 4 is 74.9 Å². The molecular formula is C56H44N4O4. The summed E-state index contributed by atoms with van der Waals surface area (Å²) in [5, 5.41) is 11.9. The molecular weight excluding hydrogens is 793 g/mol. The van der Waals surface area contributed by atoms with Crippen LogP contribution in [0.3, 0.4) is 0 Å². The van der Waals surface area contributed by atoms with Gasteiger partial charge >= 0.3 is 0 Å².